The van der Waals surface area contributed by atoms with Crippen molar-refractivity contribution in [3.63, 3.8) is 0 Å². The van der Waals surface area contributed by atoms with Crippen LogP contribution in [0.15, 0.2) is 54.1 Å². The van der Waals surface area contributed by atoms with Gasteiger partial charge in [0.1, 0.15) is 11.5 Å². The second-order valence-electron chi connectivity index (χ2n) is 7.05. The van der Waals surface area contributed by atoms with E-state index in [9.17, 15) is 14.7 Å². The molecule has 5 nitrogen and oxygen atoms in total. The topological polar surface area (TPSA) is 66.8 Å². The quantitative estimate of drug-likeness (QED) is 0.428. The third-order valence-corrected chi connectivity index (χ3v) is 5.13. The number of aliphatic hydroxyl groups is 1. The van der Waals surface area contributed by atoms with Crippen molar-refractivity contribution in [2.24, 2.45) is 0 Å². The predicted octanol–water partition coefficient (Wildman–Crippen LogP) is 4.48. The van der Waals surface area contributed by atoms with Crippen LogP contribution < -0.4 is 4.74 Å². The van der Waals surface area contributed by atoms with E-state index in [4.69, 9.17) is 4.74 Å². The molecule has 1 heterocycles. The van der Waals surface area contributed by atoms with Crippen LogP contribution in [0.3, 0.4) is 0 Å². The van der Waals surface area contributed by atoms with Crippen molar-refractivity contribution >= 4 is 17.4 Å². The lowest BCUT2D eigenvalue weighted by atomic mass is 9.94. The first-order valence-corrected chi connectivity index (χ1v) is 10.1. The van der Waals surface area contributed by atoms with E-state index < -0.39 is 17.7 Å². The van der Waals surface area contributed by atoms with Crippen molar-refractivity contribution in [3.05, 3.63) is 70.8 Å². The van der Waals surface area contributed by atoms with Crippen LogP contribution in [-0.2, 0) is 16.0 Å². The second-order valence-corrected chi connectivity index (χ2v) is 7.05. The molecule has 152 valence electrons. The lowest BCUT2D eigenvalue weighted by molar-refractivity contribution is -0.139. The van der Waals surface area contributed by atoms with Gasteiger partial charge in [-0.1, -0.05) is 50.2 Å². The van der Waals surface area contributed by atoms with E-state index in [-0.39, 0.29) is 11.3 Å². The van der Waals surface area contributed by atoms with Crippen molar-refractivity contribution in [3.8, 4) is 5.75 Å². The van der Waals surface area contributed by atoms with E-state index >= 15 is 0 Å². The summed E-state index contributed by atoms with van der Waals surface area (Å²) in [6, 6.07) is 14.2. The molecule has 0 spiro atoms. The molecule has 0 saturated carbocycles. The SMILES string of the molecule is CCCN1C(=O)C(=O)/C(=C(\O)c2cccc(OCC)c2)C1c1ccc(CC)cc1. The van der Waals surface area contributed by atoms with Gasteiger partial charge < -0.3 is 14.7 Å². The summed E-state index contributed by atoms with van der Waals surface area (Å²) in [6.07, 6.45) is 1.62. The zero-order valence-corrected chi connectivity index (χ0v) is 17.1. The maximum absolute atomic E-state index is 12.9. The molecule has 2 aromatic carbocycles. The molecule has 1 saturated heterocycles. The number of nitrogens with zero attached hydrogens (tertiary/aromatic N) is 1. The lowest BCUT2D eigenvalue weighted by Gasteiger charge is -2.25. The number of hydrogen-bond donors (Lipinski definition) is 1. The van der Waals surface area contributed by atoms with Gasteiger partial charge in [-0.05, 0) is 43.0 Å². The van der Waals surface area contributed by atoms with Gasteiger partial charge >= 0.3 is 0 Å². The molecule has 1 aliphatic heterocycles. The van der Waals surface area contributed by atoms with Gasteiger partial charge in [0.2, 0.25) is 0 Å². The maximum Gasteiger partial charge on any atom is 0.295 e. The fourth-order valence-electron chi connectivity index (χ4n) is 3.69. The van der Waals surface area contributed by atoms with Crippen molar-refractivity contribution in [1.82, 2.24) is 4.90 Å². The fourth-order valence-corrected chi connectivity index (χ4v) is 3.69. The van der Waals surface area contributed by atoms with Crippen LogP contribution in [0.2, 0.25) is 0 Å². The van der Waals surface area contributed by atoms with E-state index in [1.165, 1.54) is 5.56 Å². The standard InChI is InChI=1S/C24H27NO4/c1-4-14-25-21(17-12-10-16(5-2)11-13-17)20(23(27)24(25)28)22(26)18-8-7-9-19(15-18)29-6-3/h7-13,15,21,26H,4-6,14H2,1-3H3/b22-20-. The van der Waals surface area contributed by atoms with Gasteiger partial charge in [0.05, 0.1) is 18.2 Å². The number of ketones is 1. The summed E-state index contributed by atoms with van der Waals surface area (Å²) in [4.78, 5) is 27.2. The molecule has 5 heteroatoms. The van der Waals surface area contributed by atoms with Crippen LogP contribution in [0, 0.1) is 0 Å². The van der Waals surface area contributed by atoms with Gasteiger partial charge in [-0.25, -0.2) is 0 Å². The number of carbonyl (C=O) groups excluding carboxylic acids is 2. The largest absolute Gasteiger partial charge is 0.507 e. The first kappa shape index (κ1) is 20.6. The van der Waals surface area contributed by atoms with Crippen LogP contribution in [-0.4, -0.2) is 34.8 Å². The normalized spacial score (nSPS) is 18.3. The molecule has 0 radical (unpaired) electrons. The Kier molecular flexibility index (Phi) is 6.37. The first-order chi connectivity index (χ1) is 14.0. The van der Waals surface area contributed by atoms with E-state index in [1.807, 2.05) is 38.1 Å². The predicted molar refractivity (Wildman–Crippen MR) is 113 cm³/mol. The molecule has 1 amide bonds. The summed E-state index contributed by atoms with van der Waals surface area (Å²) in [5, 5.41) is 11.0. The van der Waals surface area contributed by atoms with Crippen LogP contribution >= 0.6 is 0 Å². The van der Waals surface area contributed by atoms with Crippen LogP contribution in [0.25, 0.3) is 5.76 Å². The monoisotopic (exact) mass is 393 g/mol. The molecule has 0 aromatic heterocycles. The van der Waals surface area contributed by atoms with E-state index in [0.717, 1.165) is 18.4 Å². The Hall–Kier alpha value is -3.08. The van der Waals surface area contributed by atoms with Crippen molar-refractivity contribution in [1.29, 1.82) is 0 Å². The zero-order chi connectivity index (χ0) is 21.0. The average molecular weight is 393 g/mol. The number of hydrogen-bond acceptors (Lipinski definition) is 4. The van der Waals surface area contributed by atoms with Crippen molar-refractivity contribution in [2.45, 2.75) is 39.7 Å². The Morgan fingerprint density at radius 1 is 1.07 bits per heavy atom. The highest BCUT2D eigenvalue weighted by Gasteiger charge is 2.45. The minimum absolute atomic E-state index is 0.126. The molecule has 1 aliphatic rings. The number of likely N-dealkylation sites (tertiary alicyclic amines) is 1. The van der Waals surface area contributed by atoms with Crippen LogP contribution in [0.5, 0.6) is 5.75 Å². The highest BCUT2D eigenvalue weighted by Crippen LogP contribution is 2.39. The Balaban J connectivity index is 2.14. The fraction of sp³-hybridized carbons (Fsp3) is 0.333. The molecule has 1 N–H and O–H groups in total. The Labute approximate surface area is 171 Å². The van der Waals surface area contributed by atoms with Gasteiger partial charge in [0, 0.05) is 12.1 Å². The summed E-state index contributed by atoms with van der Waals surface area (Å²) < 4.78 is 5.51. The van der Waals surface area contributed by atoms with Gasteiger partial charge in [-0.3, -0.25) is 9.59 Å². The number of Topliss-reactive ketones (excluding diaryl/α,β-unsaturated/α-hetero) is 1. The van der Waals surface area contributed by atoms with E-state index in [0.29, 0.717) is 24.5 Å². The zero-order valence-electron chi connectivity index (χ0n) is 17.1. The van der Waals surface area contributed by atoms with Crippen LogP contribution in [0.1, 0.15) is 49.9 Å². The molecule has 3 rings (SSSR count). The Bertz CT molecular complexity index is 930. The van der Waals surface area contributed by atoms with Crippen LogP contribution in [0.4, 0.5) is 0 Å². The first-order valence-electron chi connectivity index (χ1n) is 10.1. The lowest BCUT2D eigenvalue weighted by Crippen LogP contribution is -2.30. The average Bonchev–Trinajstić information content (AvgIpc) is 2.99. The summed E-state index contributed by atoms with van der Waals surface area (Å²) >= 11 is 0. The summed E-state index contributed by atoms with van der Waals surface area (Å²) in [5.41, 5.74) is 2.57. The molecular formula is C24H27NO4. The third-order valence-electron chi connectivity index (χ3n) is 5.13. The summed E-state index contributed by atoms with van der Waals surface area (Å²) in [5.74, 6) is -0.794. The number of rotatable bonds is 7. The summed E-state index contributed by atoms with van der Waals surface area (Å²) in [6.45, 7) is 6.85. The molecule has 0 bridgehead atoms. The Morgan fingerprint density at radius 3 is 2.41 bits per heavy atom. The van der Waals surface area contributed by atoms with E-state index in [2.05, 4.69) is 6.92 Å². The van der Waals surface area contributed by atoms with Gasteiger partial charge in [0.25, 0.3) is 11.7 Å². The van der Waals surface area contributed by atoms with Crippen molar-refractivity contribution in [2.75, 3.05) is 13.2 Å². The number of benzene rings is 2. The second kappa shape index (κ2) is 8.95. The molecule has 0 aliphatic carbocycles. The third kappa shape index (κ3) is 4.04. The maximum atomic E-state index is 12.9. The van der Waals surface area contributed by atoms with Gasteiger partial charge in [-0.2, -0.15) is 0 Å². The molecular weight excluding hydrogens is 366 g/mol. The number of ether oxygens (including phenoxy) is 1. The smallest absolute Gasteiger partial charge is 0.295 e. The molecule has 29 heavy (non-hydrogen) atoms. The molecule has 1 atom stereocenters. The minimum atomic E-state index is -0.651. The molecule has 1 unspecified atom stereocenters. The number of amides is 1. The highest BCUT2D eigenvalue weighted by atomic mass is 16.5. The van der Waals surface area contributed by atoms with Gasteiger partial charge in [0.15, 0.2) is 0 Å². The number of carbonyl (C=O) groups is 2. The number of aliphatic hydroxyl groups excluding tert-OH is 1. The summed E-state index contributed by atoms with van der Waals surface area (Å²) in [7, 11) is 0. The van der Waals surface area contributed by atoms with Gasteiger partial charge in [-0.15, -0.1) is 0 Å². The minimum Gasteiger partial charge on any atom is -0.507 e. The Morgan fingerprint density at radius 2 is 1.79 bits per heavy atom. The number of aryl methyl sites for hydroxylation is 1. The molecule has 1 fully saturated rings. The van der Waals surface area contributed by atoms with E-state index in [1.54, 1.807) is 29.2 Å². The highest BCUT2D eigenvalue weighted by molar-refractivity contribution is 6.46. The molecule has 2 aromatic rings. The van der Waals surface area contributed by atoms with Crippen molar-refractivity contribution < 1.29 is 19.4 Å².